The average Bonchev–Trinajstić information content (AvgIpc) is 3.26. The fraction of sp³-hybridized carbons (Fsp3) is 0.379. The highest BCUT2D eigenvalue weighted by atomic mass is 35.5. The first-order chi connectivity index (χ1) is 18.9. The van der Waals surface area contributed by atoms with Crippen LogP contribution in [0.4, 0.5) is 5.95 Å². The standard InChI is InChI=1S/C29H31ClN4O5/c1-38-26-8-3-2-6-19(26)14-27(35)34-13-5-4-7-20-16-33(17-25(20)34)29-31-15-23(28(36)37)24(32-29)18-39-22-11-9-21(30)10-12-22/h2-3,6,8-12,15,20,25H,4-5,7,13-14,16-18H2,1H3,(H,36,37)/t20-,25-/m1/s1. The first kappa shape index (κ1) is 26.7. The molecular formula is C29H31ClN4O5. The SMILES string of the molecule is COc1ccccc1CC(=O)N1CCCC[C@@H]2CN(c3ncc(C(=O)O)c(COc4ccc(Cl)cc4)n3)C[C@H]21. The Morgan fingerprint density at radius 1 is 1.10 bits per heavy atom. The van der Waals surface area contributed by atoms with Crippen LogP contribution in [0.5, 0.6) is 11.5 Å². The van der Waals surface area contributed by atoms with Gasteiger partial charge in [0.15, 0.2) is 0 Å². The molecule has 0 unspecified atom stereocenters. The Morgan fingerprint density at radius 3 is 2.67 bits per heavy atom. The number of carbonyl (C=O) groups excluding carboxylic acids is 1. The van der Waals surface area contributed by atoms with Gasteiger partial charge >= 0.3 is 5.97 Å². The van der Waals surface area contributed by atoms with E-state index in [4.69, 9.17) is 21.1 Å². The lowest BCUT2D eigenvalue weighted by Crippen LogP contribution is -2.45. The molecule has 2 saturated heterocycles. The van der Waals surface area contributed by atoms with E-state index in [1.165, 1.54) is 6.20 Å². The van der Waals surface area contributed by atoms with E-state index in [1.807, 2.05) is 29.2 Å². The lowest BCUT2D eigenvalue weighted by molar-refractivity contribution is -0.132. The van der Waals surface area contributed by atoms with Crippen molar-refractivity contribution < 1.29 is 24.2 Å². The van der Waals surface area contributed by atoms with Gasteiger partial charge in [-0.1, -0.05) is 36.2 Å². The molecule has 10 heteroatoms. The molecule has 1 N–H and O–H groups in total. The van der Waals surface area contributed by atoms with Crippen LogP contribution in [0.2, 0.25) is 5.02 Å². The van der Waals surface area contributed by atoms with Crippen molar-refractivity contribution >= 4 is 29.4 Å². The smallest absolute Gasteiger partial charge is 0.339 e. The van der Waals surface area contributed by atoms with Crippen LogP contribution in [0.1, 0.15) is 40.9 Å². The normalized spacial score (nSPS) is 18.8. The fourth-order valence-electron chi connectivity index (χ4n) is 5.46. The zero-order valence-electron chi connectivity index (χ0n) is 21.8. The number of carboxylic acids is 1. The second kappa shape index (κ2) is 11.9. The Kier molecular flexibility index (Phi) is 8.16. The van der Waals surface area contributed by atoms with Gasteiger partial charge in [-0.15, -0.1) is 0 Å². The molecule has 0 saturated carbocycles. The van der Waals surface area contributed by atoms with Crippen LogP contribution in [0.25, 0.3) is 0 Å². The topological polar surface area (TPSA) is 105 Å². The Morgan fingerprint density at radius 2 is 1.90 bits per heavy atom. The Balaban J connectivity index is 1.34. The Labute approximate surface area is 232 Å². The molecule has 2 aromatic carbocycles. The summed E-state index contributed by atoms with van der Waals surface area (Å²) in [5, 5.41) is 10.3. The molecule has 39 heavy (non-hydrogen) atoms. The van der Waals surface area contributed by atoms with E-state index in [0.29, 0.717) is 47.8 Å². The van der Waals surface area contributed by atoms with Gasteiger partial charge in [0.1, 0.15) is 23.7 Å². The van der Waals surface area contributed by atoms with Crippen molar-refractivity contribution in [3.63, 3.8) is 0 Å². The summed E-state index contributed by atoms with van der Waals surface area (Å²) < 4.78 is 11.3. The van der Waals surface area contributed by atoms with Gasteiger partial charge in [-0.05, 0) is 49.1 Å². The van der Waals surface area contributed by atoms with Gasteiger partial charge in [0.25, 0.3) is 0 Å². The molecule has 5 rings (SSSR count). The van der Waals surface area contributed by atoms with Crippen LogP contribution in [-0.4, -0.2) is 64.6 Å². The average molecular weight is 551 g/mol. The molecule has 2 fully saturated rings. The summed E-state index contributed by atoms with van der Waals surface area (Å²) in [6.45, 7) is 1.98. The summed E-state index contributed by atoms with van der Waals surface area (Å²) in [6, 6.07) is 14.5. The first-order valence-corrected chi connectivity index (χ1v) is 13.4. The summed E-state index contributed by atoms with van der Waals surface area (Å²) in [4.78, 5) is 38.4. The van der Waals surface area contributed by atoms with Crippen LogP contribution < -0.4 is 14.4 Å². The summed E-state index contributed by atoms with van der Waals surface area (Å²) in [6.07, 6.45) is 4.65. The molecule has 9 nitrogen and oxygen atoms in total. The number of carbonyl (C=O) groups is 2. The molecule has 0 spiro atoms. The zero-order chi connectivity index (χ0) is 27.4. The number of hydrogen-bond acceptors (Lipinski definition) is 7. The zero-order valence-corrected chi connectivity index (χ0v) is 22.5. The number of benzene rings is 2. The van der Waals surface area contributed by atoms with Crippen molar-refractivity contribution in [3.05, 3.63) is 76.6 Å². The largest absolute Gasteiger partial charge is 0.496 e. The summed E-state index contributed by atoms with van der Waals surface area (Å²) in [7, 11) is 1.62. The predicted octanol–water partition coefficient (Wildman–Crippen LogP) is 4.48. The number of carboxylic acid groups (broad SMARTS) is 1. The van der Waals surface area contributed by atoms with Crippen molar-refractivity contribution in [3.8, 4) is 11.5 Å². The number of rotatable bonds is 8. The number of hydrogen-bond donors (Lipinski definition) is 1. The Hall–Kier alpha value is -3.85. The third-order valence-corrected chi connectivity index (χ3v) is 7.69. The van der Waals surface area contributed by atoms with E-state index in [2.05, 4.69) is 14.9 Å². The number of methoxy groups -OCH3 is 1. The van der Waals surface area contributed by atoms with E-state index >= 15 is 0 Å². The van der Waals surface area contributed by atoms with E-state index in [1.54, 1.807) is 31.4 Å². The number of para-hydroxylation sites is 1. The lowest BCUT2D eigenvalue weighted by Gasteiger charge is -2.30. The molecule has 2 aliphatic heterocycles. The second-order valence-electron chi connectivity index (χ2n) is 9.88. The quantitative estimate of drug-likeness (QED) is 0.438. The third-order valence-electron chi connectivity index (χ3n) is 7.44. The molecule has 204 valence electrons. The number of nitrogens with zero attached hydrogens (tertiary/aromatic N) is 4. The third kappa shape index (κ3) is 6.09. The van der Waals surface area contributed by atoms with Crippen LogP contribution >= 0.6 is 11.6 Å². The van der Waals surface area contributed by atoms with Gasteiger partial charge in [0.2, 0.25) is 11.9 Å². The maximum absolute atomic E-state index is 13.5. The minimum Gasteiger partial charge on any atom is -0.496 e. The molecule has 0 bridgehead atoms. The molecular weight excluding hydrogens is 520 g/mol. The molecule has 2 atom stereocenters. The number of anilines is 1. The number of ether oxygens (including phenoxy) is 2. The van der Waals surface area contributed by atoms with Gasteiger partial charge in [0, 0.05) is 36.4 Å². The van der Waals surface area contributed by atoms with Crippen molar-refractivity contribution in [1.82, 2.24) is 14.9 Å². The van der Waals surface area contributed by atoms with Gasteiger partial charge in [0.05, 0.1) is 25.3 Å². The number of aromatic nitrogens is 2. The number of amides is 1. The highest BCUT2D eigenvalue weighted by molar-refractivity contribution is 6.30. The minimum absolute atomic E-state index is 0.00487. The van der Waals surface area contributed by atoms with E-state index < -0.39 is 5.97 Å². The lowest BCUT2D eigenvalue weighted by atomic mass is 9.98. The molecule has 1 aromatic heterocycles. The van der Waals surface area contributed by atoms with Gasteiger partial charge < -0.3 is 24.4 Å². The van der Waals surface area contributed by atoms with Crippen LogP contribution in [0.15, 0.2) is 54.7 Å². The van der Waals surface area contributed by atoms with E-state index in [-0.39, 0.29) is 36.5 Å². The predicted molar refractivity (Wildman–Crippen MR) is 147 cm³/mol. The monoisotopic (exact) mass is 550 g/mol. The Bertz CT molecular complexity index is 1340. The fourth-order valence-corrected chi connectivity index (χ4v) is 5.59. The molecule has 2 aliphatic rings. The summed E-state index contributed by atoms with van der Waals surface area (Å²) in [5.41, 5.74) is 1.16. The van der Waals surface area contributed by atoms with Crippen molar-refractivity contribution in [1.29, 1.82) is 0 Å². The number of aromatic carboxylic acids is 1. The van der Waals surface area contributed by atoms with Gasteiger partial charge in [-0.3, -0.25) is 4.79 Å². The highest BCUT2D eigenvalue weighted by Gasteiger charge is 2.40. The number of halogens is 1. The first-order valence-electron chi connectivity index (χ1n) is 13.1. The van der Waals surface area contributed by atoms with E-state index in [9.17, 15) is 14.7 Å². The van der Waals surface area contributed by atoms with Gasteiger partial charge in [-0.25, -0.2) is 14.8 Å². The van der Waals surface area contributed by atoms with Crippen LogP contribution in [0.3, 0.4) is 0 Å². The van der Waals surface area contributed by atoms with E-state index in [0.717, 1.165) is 24.8 Å². The second-order valence-corrected chi connectivity index (χ2v) is 10.3. The minimum atomic E-state index is -1.11. The van der Waals surface area contributed by atoms with Crippen molar-refractivity contribution in [2.75, 3.05) is 31.6 Å². The van der Waals surface area contributed by atoms with Crippen molar-refractivity contribution in [2.24, 2.45) is 5.92 Å². The van der Waals surface area contributed by atoms with Crippen LogP contribution in [0, 0.1) is 5.92 Å². The highest BCUT2D eigenvalue weighted by Crippen LogP contribution is 2.33. The molecule has 1 amide bonds. The van der Waals surface area contributed by atoms with Gasteiger partial charge in [-0.2, -0.15) is 0 Å². The molecule has 3 aromatic rings. The molecule has 0 aliphatic carbocycles. The van der Waals surface area contributed by atoms with Crippen molar-refractivity contribution in [2.45, 2.75) is 38.3 Å². The van der Waals surface area contributed by atoms with Crippen LogP contribution in [-0.2, 0) is 17.8 Å². The summed E-state index contributed by atoms with van der Waals surface area (Å²) in [5.74, 6) is 0.966. The summed E-state index contributed by atoms with van der Waals surface area (Å²) >= 11 is 5.95. The molecule has 3 heterocycles. The number of fused-ring (bicyclic) bond motifs is 1. The maximum atomic E-state index is 13.5. The maximum Gasteiger partial charge on any atom is 0.339 e. The number of likely N-dealkylation sites (tertiary alicyclic amines) is 1. The molecule has 0 radical (unpaired) electrons.